The van der Waals surface area contributed by atoms with Gasteiger partial charge in [-0.05, 0) is 41.3 Å². The van der Waals surface area contributed by atoms with Crippen LogP contribution in [0.2, 0.25) is 0 Å². The van der Waals surface area contributed by atoms with E-state index in [0.717, 1.165) is 22.3 Å². The van der Waals surface area contributed by atoms with E-state index < -0.39 is 0 Å². The lowest BCUT2D eigenvalue weighted by Gasteiger charge is -2.34. The summed E-state index contributed by atoms with van der Waals surface area (Å²) >= 11 is 0. The second-order valence-electron chi connectivity index (χ2n) is 14.0. The van der Waals surface area contributed by atoms with E-state index in [1.165, 1.54) is 11.9 Å². The maximum Gasteiger partial charge on any atom is 0.292 e. The van der Waals surface area contributed by atoms with Crippen LogP contribution in [0.25, 0.3) is 33.4 Å². The van der Waals surface area contributed by atoms with Gasteiger partial charge in [0.1, 0.15) is 23.4 Å². The number of nitrogens with one attached hydrogen (secondary N) is 1. The van der Waals surface area contributed by atoms with Crippen molar-refractivity contribution < 1.29 is 14.0 Å². The summed E-state index contributed by atoms with van der Waals surface area (Å²) in [6.07, 6.45) is 9.32. The number of oxazole rings is 1. The van der Waals surface area contributed by atoms with Crippen molar-refractivity contribution in [3.63, 3.8) is 0 Å². The minimum atomic E-state index is -0.102. The number of benzene rings is 2. The Labute approximate surface area is 326 Å². The predicted molar refractivity (Wildman–Crippen MR) is 212 cm³/mol. The first-order valence-corrected chi connectivity index (χ1v) is 18.7. The van der Waals surface area contributed by atoms with Gasteiger partial charge >= 0.3 is 0 Å². The quantitative estimate of drug-likeness (QED) is 0.192. The molecule has 2 aliphatic heterocycles. The number of nitrogen functional groups attached to an aromatic ring is 2. The Kier molecular flexibility index (Phi) is 9.19. The molecule has 7 heterocycles. The Balaban J connectivity index is 0.827. The van der Waals surface area contributed by atoms with Crippen molar-refractivity contribution in [1.82, 2.24) is 54.9 Å². The van der Waals surface area contributed by atoms with Gasteiger partial charge in [-0.1, -0.05) is 25.1 Å². The molecule has 0 aliphatic carbocycles. The summed E-state index contributed by atoms with van der Waals surface area (Å²) in [6.45, 7) is 6.52. The molecule has 1 fully saturated rings. The average molecular weight is 766 g/mol. The van der Waals surface area contributed by atoms with Crippen LogP contribution < -0.4 is 26.6 Å². The number of carbonyl (C=O) groups excluding carboxylic acids is 2. The van der Waals surface area contributed by atoms with E-state index in [9.17, 15) is 9.59 Å². The molecule has 0 bridgehead atoms. The van der Waals surface area contributed by atoms with Crippen LogP contribution in [0.3, 0.4) is 0 Å². The Morgan fingerprint density at radius 2 is 1.56 bits per heavy atom. The second kappa shape index (κ2) is 14.8. The fourth-order valence-electron chi connectivity index (χ4n) is 7.30. The van der Waals surface area contributed by atoms with E-state index in [1.807, 2.05) is 28.6 Å². The number of hydrogen-bond acceptors (Lipinski definition) is 15. The highest BCUT2D eigenvalue weighted by atomic mass is 16.4. The minimum absolute atomic E-state index is 0.00917. The molecule has 0 saturated carbocycles. The minimum Gasteiger partial charge on any atom is -0.424 e. The molecular formula is C39H39N15O3. The molecule has 0 atom stereocenters. The number of hydrogen-bond donors (Lipinski definition) is 3. The maximum atomic E-state index is 13.6. The van der Waals surface area contributed by atoms with Gasteiger partial charge in [-0.25, -0.2) is 34.6 Å². The molecule has 57 heavy (non-hydrogen) atoms. The zero-order valence-electron chi connectivity index (χ0n) is 31.2. The summed E-state index contributed by atoms with van der Waals surface area (Å²) in [6, 6.07) is 12.0. The van der Waals surface area contributed by atoms with Crippen molar-refractivity contribution in [3.05, 3.63) is 95.3 Å². The lowest BCUT2D eigenvalue weighted by molar-refractivity contribution is -0.120. The highest BCUT2D eigenvalue weighted by Crippen LogP contribution is 2.33. The lowest BCUT2D eigenvalue weighted by atomic mass is 9.97. The van der Waals surface area contributed by atoms with Gasteiger partial charge in [0.05, 0.1) is 17.5 Å². The molecule has 0 unspecified atom stereocenters. The first-order valence-electron chi connectivity index (χ1n) is 18.7. The van der Waals surface area contributed by atoms with E-state index in [2.05, 4.69) is 68.2 Å². The summed E-state index contributed by atoms with van der Waals surface area (Å²) in [4.78, 5) is 62.4. The Bertz CT molecular complexity index is 2620. The first-order chi connectivity index (χ1) is 27.8. The Morgan fingerprint density at radius 3 is 2.30 bits per heavy atom. The third-order valence-corrected chi connectivity index (χ3v) is 10.4. The van der Waals surface area contributed by atoms with Gasteiger partial charge in [-0.2, -0.15) is 10.1 Å². The summed E-state index contributed by atoms with van der Waals surface area (Å²) in [5.41, 5.74) is 20.0. The van der Waals surface area contributed by atoms with Gasteiger partial charge in [-0.15, -0.1) is 0 Å². The number of nitrogens with zero attached hydrogens (tertiary/aromatic N) is 12. The van der Waals surface area contributed by atoms with E-state index in [0.29, 0.717) is 116 Å². The van der Waals surface area contributed by atoms with Crippen LogP contribution in [-0.4, -0.2) is 94.1 Å². The van der Waals surface area contributed by atoms with Gasteiger partial charge in [0.15, 0.2) is 11.2 Å². The molecule has 7 aromatic rings. The summed E-state index contributed by atoms with van der Waals surface area (Å²) in [7, 11) is 0. The molecule has 1 saturated heterocycles. The van der Waals surface area contributed by atoms with Crippen molar-refractivity contribution >= 4 is 57.7 Å². The molecule has 18 heteroatoms. The van der Waals surface area contributed by atoms with Crippen LogP contribution in [0, 0.1) is 0 Å². The average Bonchev–Trinajstić information content (AvgIpc) is 3.82. The number of piperazine rings is 1. The van der Waals surface area contributed by atoms with Gasteiger partial charge in [0.2, 0.25) is 17.8 Å². The first kappa shape index (κ1) is 35.5. The van der Waals surface area contributed by atoms with Crippen molar-refractivity contribution in [2.75, 3.05) is 54.0 Å². The number of carbonyl (C=O) groups is 2. The summed E-state index contributed by atoms with van der Waals surface area (Å²) in [5, 5.41) is 8.43. The molecule has 18 nitrogen and oxygen atoms in total. The number of amides is 2. The van der Waals surface area contributed by atoms with Crippen molar-refractivity contribution in [2.24, 2.45) is 0 Å². The normalized spacial score (nSPS) is 14.3. The van der Waals surface area contributed by atoms with E-state index in [-0.39, 0.29) is 17.8 Å². The van der Waals surface area contributed by atoms with Crippen LogP contribution in [0.1, 0.15) is 46.0 Å². The largest absolute Gasteiger partial charge is 0.424 e. The molecule has 0 radical (unpaired) electrons. The SMILES string of the molecule is CCC(=O)NCc1cnc(N2CCN(c3ncc(C(=O)N4CCc5cc(Cn6nc(-c7ccc8oc(N)nc8c7)c7c(N)ncnc76)ccc5C4)cn3)CC2)nc1. The Hall–Kier alpha value is -7.24. The van der Waals surface area contributed by atoms with Crippen LogP contribution in [-0.2, 0) is 30.8 Å². The smallest absolute Gasteiger partial charge is 0.292 e. The van der Waals surface area contributed by atoms with Crippen molar-refractivity contribution in [2.45, 2.75) is 39.4 Å². The standard InChI is InChI=1S/C39H39N15O3/c1-2-31(55)42-15-24-16-43-38(44-17-24)51-9-11-52(12-10-51)39-45-18-28(19-46-39)36(56)53-8-7-25-13-23(3-4-27(25)21-53)20-54-35-32(34(40)47-22-48-35)33(50-54)26-5-6-30-29(14-26)49-37(41)57-30/h3-6,13-14,16-19,22H,2,7-12,15,20-21H2,1H3,(H2,41,49)(H,42,55)(H2,40,47,48). The second-order valence-corrected chi connectivity index (χ2v) is 14.0. The van der Waals surface area contributed by atoms with Gasteiger partial charge in [-0.3, -0.25) is 9.59 Å². The fraction of sp³-hybridized carbons (Fsp3) is 0.282. The number of rotatable bonds is 9. The number of aromatic nitrogens is 9. The van der Waals surface area contributed by atoms with Gasteiger partial charge in [0, 0.05) is 88.1 Å². The third kappa shape index (κ3) is 7.07. The fourth-order valence-corrected chi connectivity index (χ4v) is 7.30. The lowest BCUT2D eigenvalue weighted by Crippen LogP contribution is -2.47. The Morgan fingerprint density at radius 1 is 0.825 bits per heavy atom. The zero-order valence-corrected chi connectivity index (χ0v) is 31.2. The highest BCUT2D eigenvalue weighted by molar-refractivity contribution is 5.99. The van der Waals surface area contributed by atoms with Crippen LogP contribution in [0.15, 0.2) is 71.9 Å². The summed E-state index contributed by atoms with van der Waals surface area (Å²) in [5.74, 6) is 1.45. The van der Waals surface area contributed by atoms with Crippen molar-refractivity contribution in [1.29, 1.82) is 0 Å². The van der Waals surface area contributed by atoms with E-state index in [1.54, 1.807) is 30.9 Å². The molecule has 0 spiro atoms. The van der Waals surface area contributed by atoms with Gasteiger partial charge < -0.3 is 35.9 Å². The van der Waals surface area contributed by atoms with E-state index in [4.69, 9.17) is 21.0 Å². The van der Waals surface area contributed by atoms with Crippen molar-refractivity contribution in [3.8, 4) is 11.3 Å². The predicted octanol–water partition coefficient (Wildman–Crippen LogP) is 2.98. The van der Waals surface area contributed by atoms with Crippen LogP contribution in [0.5, 0.6) is 0 Å². The molecular weight excluding hydrogens is 727 g/mol. The molecule has 2 aliphatic rings. The molecule has 9 rings (SSSR count). The molecule has 5 N–H and O–H groups in total. The topological polar surface area (TPSA) is 229 Å². The zero-order chi connectivity index (χ0) is 39.0. The summed E-state index contributed by atoms with van der Waals surface area (Å²) < 4.78 is 7.28. The molecule has 5 aromatic heterocycles. The monoisotopic (exact) mass is 765 g/mol. The van der Waals surface area contributed by atoms with Crippen LogP contribution >= 0.6 is 0 Å². The van der Waals surface area contributed by atoms with Crippen LogP contribution in [0.4, 0.5) is 23.7 Å². The molecule has 2 aromatic carbocycles. The number of nitrogens with two attached hydrogens (primary N) is 2. The molecule has 2 amide bonds. The third-order valence-electron chi connectivity index (χ3n) is 10.4. The molecule has 288 valence electrons. The highest BCUT2D eigenvalue weighted by Gasteiger charge is 2.25. The number of anilines is 4. The van der Waals surface area contributed by atoms with E-state index >= 15 is 0 Å². The number of fused-ring (bicyclic) bond motifs is 3. The van der Waals surface area contributed by atoms with Gasteiger partial charge in [0.25, 0.3) is 11.9 Å². The maximum absolute atomic E-state index is 13.6.